The summed E-state index contributed by atoms with van der Waals surface area (Å²) < 4.78 is 0. The predicted octanol–water partition coefficient (Wildman–Crippen LogP) is 3.89. The molecule has 2 rings (SSSR count). The highest BCUT2D eigenvalue weighted by Gasteiger charge is 2.39. The molecule has 1 aromatic rings. The Bertz CT molecular complexity index is 436. The lowest BCUT2D eigenvalue weighted by Gasteiger charge is -2.45. The molecule has 0 aliphatic carbocycles. The van der Waals surface area contributed by atoms with Crippen molar-refractivity contribution >= 4 is 0 Å². The number of nitrogens with one attached hydrogen (secondary N) is 1. The Hall–Kier alpha value is -0.820. The molecule has 18 heavy (non-hydrogen) atoms. The van der Waals surface area contributed by atoms with Crippen LogP contribution in [0.25, 0.3) is 0 Å². The third kappa shape index (κ3) is 2.47. The van der Waals surface area contributed by atoms with E-state index >= 15 is 0 Å². The number of hydrogen-bond acceptors (Lipinski definition) is 1. The Morgan fingerprint density at radius 1 is 0.944 bits per heavy atom. The highest BCUT2D eigenvalue weighted by Crippen LogP contribution is 2.41. The number of hydrogen-bond donors (Lipinski definition) is 1. The average molecular weight is 245 g/mol. The maximum Gasteiger partial charge on any atom is 0.00603 e. The van der Waals surface area contributed by atoms with Crippen molar-refractivity contribution in [2.45, 2.75) is 53.4 Å². The second-order valence-electron chi connectivity index (χ2n) is 7.28. The number of rotatable bonds is 1. The van der Waals surface area contributed by atoms with Crippen LogP contribution >= 0.6 is 0 Å². The monoisotopic (exact) mass is 245 g/mol. The molecule has 0 aromatic heterocycles. The summed E-state index contributed by atoms with van der Waals surface area (Å²) in [5.41, 5.74) is 6.50. The van der Waals surface area contributed by atoms with Crippen molar-refractivity contribution in [1.29, 1.82) is 0 Å². The molecule has 0 radical (unpaired) electrons. The van der Waals surface area contributed by atoms with E-state index in [-0.39, 0.29) is 5.41 Å². The average Bonchev–Trinajstić information content (AvgIpc) is 2.11. The predicted molar refractivity (Wildman–Crippen MR) is 79.3 cm³/mol. The van der Waals surface area contributed by atoms with Gasteiger partial charge in [-0.05, 0) is 49.3 Å². The van der Waals surface area contributed by atoms with E-state index in [0.29, 0.717) is 5.41 Å². The fourth-order valence-corrected chi connectivity index (χ4v) is 4.17. The summed E-state index contributed by atoms with van der Waals surface area (Å²) in [4.78, 5) is 0. The van der Waals surface area contributed by atoms with E-state index in [4.69, 9.17) is 0 Å². The lowest BCUT2D eigenvalue weighted by molar-refractivity contribution is 0.179. The Labute approximate surface area is 112 Å². The zero-order valence-electron chi connectivity index (χ0n) is 12.8. The topological polar surface area (TPSA) is 12.0 Å². The van der Waals surface area contributed by atoms with Gasteiger partial charge in [-0.3, -0.25) is 0 Å². The first-order valence-electron chi connectivity index (χ1n) is 7.03. The normalized spacial score (nSPS) is 27.2. The summed E-state index contributed by atoms with van der Waals surface area (Å²) >= 11 is 0. The molecule has 1 N–H and O–H groups in total. The molecule has 1 aromatic carbocycles. The zero-order chi connectivity index (χ0) is 13.6. The minimum Gasteiger partial charge on any atom is -0.315 e. The summed E-state index contributed by atoms with van der Waals surface area (Å²) in [5, 5.41) is 3.63. The highest BCUT2D eigenvalue weighted by molar-refractivity contribution is 5.43. The van der Waals surface area contributed by atoms with Crippen LogP contribution in [0.1, 0.15) is 49.4 Å². The fraction of sp³-hybridized carbons (Fsp3) is 0.647. The van der Waals surface area contributed by atoms with Gasteiger partial charge in [0, 0.05) is 18.5 Å². The van der Waals surface area contributed by atoms with Crippen molar-refractivity contribution in [3.63, 3.8) is 0 Å². The summed E-state index contributed by atoms with van der Waals surface area (Å²) in [5.74, 6) is 0. The van der Waals surface area contributed by atoms with Gasteiger partial charge in [0.25, 0.3) is 0 Å². The molecule has 1 saturated heterocycles. The third-order valence-corrected chi connectivity index (χ3v) is 4.27. The third-order valence-electron chi connectivity index (χ3n) is 4.27. The van der Waals surface area contributed by atoms with Crippen LogP contribution in [0.3, 0.4) is 0 Å². The van der Waals surface area contributed by atoms with Crippen molar-refractivity contribution in [2.75, 3.05) is 13.1 Å². The molecular weight excluding hydrogens is 218 g/mol. The van der Waals surface area contributed by atoms with Crippen molar-refractivity contribution < 1.29 is 0 Å². The maximum absolute atomic E-state index is 3.63. The van der Waals surface area contributed by atoms with Crippen LogP contribution in [0.5, 0.6) is 0 Å². The molecule has 0 saturated carbocycles. The zero-order valence-corrected chi connectivity index (χ0v) is 12.8. The van der Waals surface area contributed by atoms with Gasteiger partial charge in [-0.25, -0.2) is 0 Å². The van der Waals surface area contributed by atoms with Gasteiger partial charge in [-0.15, -0.1) is 0 Å². The largest absolute Gasteiger partial charge is 0.315 e. The molecule has 1 heteroatoms. The van der Waals surface area contributed by atoms with Crippen molar-refractivity contribution in [3.8, 4) is 0 Å². The van der Waals surface area contributed by atoms with Crippen LogP contribution in [0.4, 0.5) is 0 Å². The van der Waals surface area contributed by atoms with E-state index in [0.717, 1.165) is 13.1 Å². The minimum atomic E-state index is 0.267. The van der Waals surface area contributed by atoms with Crippen LogP contribution in [-0.2, 0) is 5.41 Å². The molecular formula is C17H27N. The molecule has 0 amide bonds. The van der Waals surface area contributed by atoms with E-state index in [1.807, 2.05) is 0 Å². The lowest BCUT2D eigenvalue weighted by Crippen LogP contribution is -2.49. The van der Waals surface area contributed by atoms with E-state index in [2.05, 4.69) is 59.0 Å². The molecule has 1 nitrogen and oxygen atoms in total. The van der Waals surface area contributed by atoms with Gasteiger partial charge in [0.05, 0.1) is 0 Å². The Morgan fingerprint density at radius 3 is 2.00 bits per heavy atom. The van der Waals surface area contributed by atoms with Gasteiger partial charge < -0.3 is 5.32 Å². The van der Waals surface area contributed by atoms with E-state index in [9.17, 15) is 0 Å². The van der Waals surface area contributed by atoms with Crippen molar-refractivity contribution in [1.82, 2.24) is 5.32 Å². The van der Waals surface area contributed by atoms with Crippen LogP contribution in [-0.4, -0.2) is 13.1 Å². The van der Waals surface area contributed by atoms with Gasteiger partial charge >= 0.3 is 0 Å². The summed E-state index contributed by atoms with van der Waals surface area (Å²) in [6, 6.07) is 4.66. The van der Waals surface area contributed by atoms with Crippen molar-refractivity contribution in [3.05, 3.63) is 34.4 Å². The smallest absolute Gasteiger partial charge is 0.00603 e. The molecule has 1 aliphatic rings. The van der Waals surface area contributed by atoms with Crippen molar-refractivity contribution in [2.24, 2.45) is 5.41 Å². The SMILES string of the molecule is Cc1cc(C)c(C2(C)CNCC(C)(C)C2)c(C)c1. The summed E-state index contributed by atoms with van der Waals surface area (Å²) in [7, 11) is 0. The van der Waals surface area contributed by atoms with Gasteiger partial charge in [-0.1, -0.05) is 38.5 Å². The quantitative estimate of drug-likeness (QED) is 0.791. The molecule has 0 bridgehead atoms. The Morgan fingerprint density at radius 2 is 1.50 bits per heavy atom. The first-order valence-corrected chi connectivity index (χ1v) is 7.03. The number of benzene rings is 1. The Kier molecular flexibility index (Phi) is 3.31. The van der Waals surface area contributed by atoms with E-state index in [1.165, 1.54) is 23.1 Å². The van der Waals surface area contributed by atoms with Crippen LogP contribution in [0.2, 0.25) is 0 Å². The lowest BCUT2D eigenvalue weighted by atomic mass is 9.65. The van der Waals surface area contributed by atoms with E-state index < -0.39 is 0 Å². The number of piperidine rings is 1. The minimum absolute atomic E-state index is 0.267. The van der Waals surface area contributed by atoms with Gasteiger partial charge in [0.1, 0.15) is 0 Å². The van der Waals surface area contributed by atoms with Gasteiger partial charge in [0.2, 0.25) is 0 Å². The van der Waals surface area contributed by atoms with Crippen LogP contribution < -0.4 is 5.32 Å². The molecule has 1 heterocycles. The van der Waals surface area contributed by atoms with Crippen LogP contribution in [0.15, 0.2) is 12.1 Å². The molecule has 1 unspecified atom stereocenters. The fourth-order valence-electron chi connectivity index (χ4n) is 4.17. The molecule has 1 fully saturated rings. The second-order valence-corrected chi connectivity index (χ2v) is 7.28. The highest BCUT2D eigenvalue weighted by atomic mass is 14.9. The van der Waals surface area contributed by atoms with E-state index in [1.54, 1.807) is 5.56 Å². The van der Waals surface area contributed by atoms with Gasteiger partial charge in [-0.2, -0.15) is 0 Å². The molecule has 0 spiro atoms. The number of aryl methyl sites for hydroxylation is 3. The molecule has 1 atom stereocenters. The van der Waals surface area contributed by atoms with Gasteiger partial charge in [0.15, 0.2) is 0 Å². The van der Waals surface area contributed by atoms with Crippen LogP contribution in [0, 0.1) is 26.2 Å². The molecule has 100 valence electrons. The second kappa shape index (κ2) is 4.38. The first kappa shape index (κ1) is 13.6. The summed E-state index contributed by atoms with van der Waals surface area (Å²) in [6.45, 7) is 16.1. The summed E-state index contributed by atoms with van der Waals surface area (Å²) in [6.07, 6.45) is 1.26. The standard InChI is InChI=1S/C17H27N/c1-12-7-13(2)15(14(3)8-12)17(6)9-16(4,5)10-18-11-17/h7-8,18H,9-11H2,1-6H3. The Balaban J connectivity index is 2.47. The maximum atomic E-state index is 3.63. The first-order chi connectivity index (χ1) is 8.23. The molecule has 1 aliphatic heterocycles.